The summed E-state index contributed by atoms with van der Waals surface area (Å²) in [5, 5.41) is 3.01. The van der Waals surface area contributed by atoms with Gasteiger partial charge in [-0.15, -0.1) is 0 Å². The lowest BCUT2D eigenvalue weighted by Crippen LogP contribution is -2.45. The van der Waals surface area contributed by atoms with Crippen LogP contribution < -0.4 is 15.9 Å². The molecule has 1 fully saturated rings. The van der Waals surface area contributed by atoms with E-state index in [1.54, 1.807) is 15.3 Å². The molecule has 0 atom stereocenters. The van der Waals surface area contributed by atoms with E-state index in [1.807, 2.05) is 43.3 Å². The first-order valence-electron chi connectivity index (χ1n) is 10.9. The van der Waals surface area contributed by atoms with E-state index in [0.717, 1.165) is 48.6 Å². The molecule has 3 heterocycles. The molecular formula is C23H30N6O2. The van der Waals surface area contributed by atoms with Gasteiger partial charge in [-0.1, -0.05) is 18.2 Å². The van der Waals surface area contributed by atoms with Crippen LogP contribution in [0.25, 0.3) is 11.0 Å². The van der Waals surface area contributed by atoms with Crippen molar-refractivity contribution in [3.05, 3.63) is 58.6 Å². The monoisotopic (exact) mass is 422 g/mol. The predicted octanol–water partition coefficient (Wildman–Crippen LogP) is 1.68. The number of nitrogens with one attached hydrogen (secondary N) is 1. The van der Waals surface area contributed by atoms with Gasteiger partial charge in [-0.05, 0) is 32.2 Å². The van der Waals surface area contributed by atoms with E-state index in [0.29, 0.717) is 19.6 Å². The van der Waals surface area contributed by atoms with Gasteiger partial charge in [0.15, 0.2) is 0 Å². The number of amides is 1. The number of fused-ring (bicyclic) bond motifs is 1. The van der Waals surface area contributed by atoms with Crippen molar-refractivity contribution in [2.75, 3.05) is 38.1 Å². The number of likely N-dealkylation sites (N-methyl/N-ethyl adjacent to an activating group) is 1. The largest absolute Gasteiger partial charge is 0.354 e. The molecule has 3 aromatic rings. The minimum atomic E-state index is -0.0755. The van der Waals surface area contributed by atoms with Crippen molar-refractivity contribution < 1.29 is 4.79 Å². The van der Waals surface area contributed by atoms with Crippen LogP contribution in [-0.2, 0) is 24.4 Å². The number of anilines is 1. The Bertz CT molecular complexity index is 1110. The lowest BCUT2D eigenvalue weighted by Gasteiger charge is -2.34. The summed E-state index contributed by atoms with van der Waals surface area (Å²) in [4.78, 5) is 34.4. The van der Waals surface area contributed by atoms with Gasteiger partial charge >= 0.3 is 5.69 Å². The zero-order valence-corrected chi connectivity index (χ0v) is 18.3. The number of nitrogens with zero attached hydrogens (tertiary/aromatic N) is 5. The van der Waals surface area contributed by atoms with Crippen molar-refractivity contribution in [3.8, 4) is 0 Å². The Morgan fingerprint density at radius 2 is 1.74 bits per heavy atom. The van der Waals surface area contributed by atoms with E-state index in [1.165, 1.54) is 0 Å². The van der Waals surface area contributed by atoms with Gasteiger partial charge in [-0.3, -0.25) is 13.9 Å². The Morgan fingerprint density at radius 3 is 2.45 bits per heavy atom. The van der Waals surface area contributed by atoms with Crippen molar-refractivity contribution in [2.24, 2.45) is 0 Å². The van der Waals surface area contributed by atoms with Gasteiger partial charge in [0, 0.05) is 64.0 Å². The van der Waals surface area contributed by atoms with Crippen LogP contribution in [0.3, 0.4) is 0 Å². The van der Waals surface area contributed by atoms with Gasteiger partial charge in [0.05, 0.1) is 11.0 Å². The summed E-state index contributed by atoms with van der Waals surface area (Å²) in [5.41, 5.74) is 2.72. The van der Waals surface area contributed by atoms with Crippen LogP contribution in [0.2, 0.25) is 0 Å². The highest BCUT2D eigenvalue weighted by atomic mass is 16.2. The van der Waals surface area contributed by atoms with Crippen LogP contribution in [0.5, 0.6) is 0 Å². The van der Waals surface area contributed by atoms with E-state index in [9.17, 15) is 9.59 Å². The lowest BCUT2D eigenvalue weighted by atomic mass is 10.2. The quantitative estimate of drug-likeness (QED) is 0.627. The smallest absolute Gasteiger partial charge is 0.329 e. The number of para-hydroxylation sites is 2. The number of imidazole rings is 1. The Hall–Kier alpha value is -3.13. The second-order valence-corrected chi connectivity index (χ2v) is 7.97. The zero-order chi connectivity index (χ0) is 21.8. The SMILES string of the molecule is CCn1c(=O)n(CCC(=O)NCc2cccnc2N2CCN(C)CC2)c2ccccc21. The summed E-state index contributed by atoms with van der Waals surface area (Å²) < 4.78 is 3.43. The fraction of sp³-hybridized carbons (Fsp3) is 0.435. The van der Waals surface area contributed by atoms with Crippen molar-refractivity contribution >= 4 is 22.8 Å². The fourth-order valence-electron chi connectivity index (χ4n) is 4.16. The predicted molar refractivity (Wildman–Crippen MR) is 122 cm³/mol. The van der Waals surface area contributed by atoms with Crippen LogP contribution in [0, 0.1) is 0 Å². The number of rotatable bonds is 7. The minimum Gasteiger partial charge on any atom is -0.354 e. The maximum Gasteiger partial charge on any atom is 0.329 e. The average Bonchev–Trinajstić information content (AvgIpc) is 3.07. The standard InChI is InChI=1S/C23H30N6O2/c1-3-28-19-8-4-5-9-20(19)29(23(28)31)12-10-21(30)25-17-18-7-6-11-24-22(18)27-15-13-26(2)14-16-27/h4-9,11H,3,10,12-17H2,1-2H3,(H,25,30). The van der Waals surface area contributed by atoms with Crippen LogP contribution in [-0.4, -0.2) is 58.2 Å². The van der Waals surface area contributed by atoms with Gasteiger partial charge < -0.3 is 15.1 Å². The molecule has 4 rings (SSSR count). The molecule has 0 spiro atoms. The Balaban J connectivity index is 1.40. The van der Waals surface area contributed by atoms with Crippen LogP contribution >= 0.6 is 0 Å². The molecule has 0 saturated carbocycles. The zero-order valence-electron chi connectivity index (χ0n) is 18.3. The van der Waals surface area contributed by atoms with E-state index in [2.05, 4.69) is 27.1 Å². The molecule has 1 aromatic carbocycles. The van der Waals surface area contributed by atoms with Gasteiger partial charge in [0.25, 0.3) is 0 Å². The Labute approximate surface area is 182 Å². The molecule has 0 aliphatic carbocycles. The number of piperazine rings is 1. The number of aromatic nitrogens is 3. The molecule has 8 heteroatoms. The molecule has 8 nitrogen and oxygen atoms in total. The third-order valence-electron chi connectivity index (χ3n) is 5.95. The molecule has 0 unspecified atom stereocenters. The molecule has 1 saturated heterocycles. The van der Waals surface area contributed by atoms with Crippen LogP contribution in [0.15, 0.2) is 47.4 Å². The molecule has 1 N–H and O–H groups in total. The fourth-order valence-corrected chi connectivity index (χ4v) is 4.16. The molecule has 1 aliphatic heterocycles. The summed E-state index contributed by atoms with van der Waals surface area (Å²) in [6.45, 7) is 7.21. The Morgan fingerprint density at radius 1 is 1.03 bits per heavy atom. The van der Waals surface area contributed by atoms with Crippen molar-refractivity contribution in [3.63, 3.8) is 0 Å². The third-order valence-corrected chi connectivity index (χ3v) is 5.95. The molecular weight excluding hydrogens is 392 g/mol. The molecule has 2 aromatic heterocycles. The minimum absolute atomic E-state index is 0.0684. The third kappa shape index (κ3) is 4.49. The second kappa shape index (κ2) is 9.34. The first-order valence-corrected chi connectivity index (χ1v) is 10.9. The normalized spacial score (nSPS) is 14.8. The van der Waals surface area contributed by atoms with Gasteiger partial charge in [0.1, 0.15) is 5.82 Å². The number of aryl methyl sites for hydroxylation is 2. The number of hydrogen-bond acceptors (Lipinski definition) is 5. The highest BCUT2D eigenvalue weighted by Gasteiger charge is 2.18. The van der Waals surface area contributed by atoms with Crippen molar-refractivity contribution in [1.29, 1.82) is 0 Å². The summed E-state index contributed by atoms with van der Waals surface area (Å²) >= 11 is 0. The topological polar surface area (TPSA) is 75.4 Å². The number of hydrogen-bond donors (Lipinski definition) is 1. The van der Waals surface area contributed by atoms with E-state index >= 15 is 0 Å². The highest BCUT2D eigenvalue weighted by molar-refractivity contribution is 5.78. The number of carbonyl (C=O) groups excluding carboxylic acids is 1. The lowest BCUT2D eigenvalue weighted by molar-refractivity contribution is -0.121. The Kier molecular flexibility index (Phi) is 6.36. The van der Waals surface area contributed by atoms with Gasteiger partial charge in [-0.25, -0.2) is 9.78 Å². The maximum absolute atomic E-state index is 12.7. The van der Waals surface area contributed by atoms with Crippen LogP contribution in [0.1, 0.15) is 18.9 Å². The molecule has 164 valence electrons. The van der Waals surface area contributed by atoms with Gasteiger partial charge in [0.2, 0.25) is 5.91 Å². The summed E-state index contributed by atoms with van der Waals surface area (Å²) in [6, 6.07) is 11.6. The molecule has 0 bridgehead atoms. The molecule has 1 aliphatic rings. The molecule has 1 amide bonds. The highest BCUT2D eigenvalue weighted by Crippen LogP contribution is 2.19. The number of carbonyl (C=O) groups is 1. The van der Waals surface area contributed by atoms with Crippen molar-refractivity contribution in [2.45, 2.75) is 33.0 Å². The summed E-state index contributed by atoms with van der Waals surface area (Å²) in [6.07, 6.45) is 2.05. The number of pyridine rings is 1. The van der Waals surface area contributed by atoms with Crippen molar-refractivity contribution in [1.82, 2.24) is 24.3 Å². The molecule has 0 radical (unpaired) electrons. The first-order chi connectivity index (χ1) is 15.1. The van der Waals surface area contributed by atoms with E-state index in [4.69, 9.17) is 0 Å². The first kappa shape index (κ1) is 21.1. The van der Waals surface area contributed by atoms with E-state index in [-0.39, 0.29) is 18.0 Å². The number of benzene rings is 1. The molecule has 31 heavy (non-hydrogen) atoms. The van der Waals surface area contributed by atoms with Gasteiger partial charge in [-0.2, -0.15) is 0 Å². The summed E-state index contributed by atoms with van der Waals surface area (Å²) in [7, 11) is 2.13. The van der Waals surface area contributed by atoms with E-state index < -0.39 is 0 Å². The maximum atomic E-state index is 12.7. The average molecular weight is 423 g/mol. The second-order valence-electron chi connectivity index (χ2n) is 7.97. The van der Waals surface area contributed by atoms with Crippen LogP contribution in [0.4, 0.5) is 5.82 Å². The summed E-state index contributed by atoms with van der Waals surface area (Å²) in [5.74, 6) is 0.867.